The molecule has 13 nitrogen and oxygen atoms in total. The summed E-state index contributed by atoms with van der Waals surface area (Å²) in [5.41, 5.74) is -1.99. The number of aromatic nitrogens is 3. The number of nitrogens with zero attached hydrogens (tertiary/aromatic N) is 4. The minimum Gasteiger partial charge on any atom is -0.471 e. The molecule has 63 heavy (non-hydrogen) atoms. The monoisotopic (exact) mass is 923 g/mol. The molecule has 2 saturated carbocycles. The molecular weight excluding hydrogens is 880 g/mol. The van der Waals surface area contributed by atoms with E-state index in [2.05, 4.69) is 16.3 Å². The molecule has 8 rings (SSSR count). The van der Waals surface area contributed by atoms with Gasteiger partial charge in [0, 0.05) is 46.2 Å². The minimum atomic E-state index is -4.55. The SMILES string of the molecule is C=C[C@@H]1C[C@]1(CC(=O)[C@@H]1C[C@@H](Oc2nc(-c3ccc(C(F)(F)F)cc3)nc3c2sc2ccccc23)CN1C(=O)[C@@H](Cc1nc(C(=O)OC)cs1)C(C)(C)C)C(=O)NS(=O)(=O)C1CC1. The van der Waals surface area contributed by atoms with Crippen LogP contribution in [0.4, 0.5) is 13.2 Å². The molecule has 1 N–H and O–H groups in total. The van der Waals surface area contributed by atoms with Gasteiger partial charge >= 0.3 is 12.1 Å². The van der Waals surface area contributed by atoms with Gasteiger partial charge in [0.15, 0.2) is 17.3 Å². The Bertz CT molecular complexity index is 2760. The summed E-state index contributed by atoms with van der Waals surface area (Å²) in [6.45, 7) is 9.38. The Kier molecular flexibility index (Phi) is 11.5. The lowest BCUT2D eigenvalue weighted by Gasteiger charge is -2.35. The van der Waals surface area contributed by atoms with Crippen LogP contribution in [-0.4, -0.2) is 82.9 Å². The molecular formula is C44H44F3N5O8S3. The van der Waals surface area contributed by atoms with Crippen LogP contribution in [0, 0.1) is 22.7 Å². The summed E-state index contributed by atoms with van der Waals surface area (Å²) in [4.78, 5) is 71.1. The van der Waals surface area contributed by atoms with Crippen molar-refractivity contribution in [1.82, 2.24) is 24.6 Å². The van der Waals surface area contributed by atoms with Crippen molar-refractivity contribution in [2.24, 2.45) is 22.7 Å². The lowest BCUT2D eigenvalue weighted by atomic mass is 9.77. The number of alkyl halides is 3. The number of methoxy groups -OCH3 is 1. The number of esters is 1. The van der Waals surface area contributed by atoms with E-state index in [9.17, 15) is 36.0 Å². The number of fused-ring (bicyclic) bond motifs is 3. The van der Waals surface area contributed by atoms with Crippen LogP contribution in [0.5, 0.6) is 5.88 Å². The van der Waals surface area contributed by atoms with Crippen LogP contribution in [0.25, 0.3) is 31.7 Å². The van der Waals surface area contributed by atoms with Gasteiger partial charge in [-0.1, -0.05) is 57.2 Å². The largest absolute Gasteiger partial charge is 0.471 e. The highest BCUT2D eigenvalue weighted by molar-refractivity contribution is 7.90. The molecule has 4 heterocycles. The van der Waals surface area contributed by atoms with Crippen molar-refractivity contribution in [3.8, 4) is 17.3 Å². The summed E-state index contributed by atoms with van der Waals surface area (Å²) in [6.07, 6.45) is -3.04. The Morgan fingerprint density at radius 2 is 1.76 bits per heavy atom. The number of halogens is 3. The highest BCUT2D eigenvalue weighted by atomic mass is 32.2. The molecule has 0 unspecified atom stereocenters. The van der Waals surface area contributed by atoms with Gasteiger partial charge in [-0.25, -0.2) is 23.2 Å². The number of carbonyl (C=O) groups is 4. The minimum absolute atomic E-state index is 0.0198. The fourth-order valence-corrected chi connectivity index (χ4v) is 11.5. The number of sulfonamides is 1. The maximum Gasteiger partial charge on any atom is 0.416 e. The number of Topliss-reactive ketones (excluding diaryl/α,β-unsaturated/α-hetero) is 1. The van der Waals surface area contributed by atoms with E-state index in [0.29, 0.717) is 33.6 Å². The highest BCUT2D eigenvalue weighted by Crippen LogP contribution is 2.57. The number of amides is 2. The van der Waals surface area contributed by atoms with Gasteiger partial charge < -0.3 is 14.4 Å². The van der Waals surface area contributed by atoms with E-state index < -0.39 is 85.4 Å². The van der Waals surface area contributed by atoms with Crippen molar-refractivity contribution < 1.29 is 50.2 Å². The second-order valence-corrected chi connectivity index (χ2v) is 21.4. The molecule has 0 spiro atoms. The zero-order valence-corrected chi connectivity index (χ0v) is 37.2. The van der Waals surface area contributed by atoms with Gasteiger partial charge in [0.25, 0.3) is 0 Å². The van der Waals surface area contributed by atoms with E-state index in [1.54, 1.807) is 5.38 Å². The van der Waals surface area contributed by atoms with Crippen molar-refractivity contribution in [3.05, 3.63) is 82.8 Å². The number of thiophene rings is 1. The average Bonchev–Trinajstić information content (AvgIpc) is 4.07. The van der Waals surface area contributed by atoms with Crippen LogP contribution in [-0.2, 0) is 41.7 Å². The normalized spacial score (nSPS) is 21.9. The summed E-state index contributed by atoms with van der Waals surface area (Å²) in [7, 11) is -2.69. The van der Waals surface area contributed by atoms with Gasteiger partial charge in [-0.05, 0) is 48.8 Å². The summed E-state index contributed by atoms with van der Waals surface area (Å²) >= 11 is 2.55. The quantitative estimate of drug-likeness (QED) is 0.0851. The molecule has 332 valence electrons. The number of benzene rings is 2. The molecule has 2 aromatic carbocycles. The lowest BCUT2D eigenvalue weighted by molar-refractivity contribution is -0.144. The summed E-state index contributed by atoms with van der Waals surface area (Å²) in [5.74, 6) is -3.28. The smallest absolute Gasteiger partial charge is 0.416 e. The van der Waals surface area contributed by atoms with Crippen molar-refractivity contribution in [2.45, 2.75) is 82.9 Å². The fourth-order valence-electron chi connectivity index (χ4n) is 8.22. The third kappa shape index (κ3) is 8.83. The lowest BCUT2D eigenvalue weighted by Crippen LogP contribution is -2.48. The Morgan fingerprint density at radius 1 is 1.05 bits per heavy atom. The topological polar surface area (TPSA) is 175 Å². The van der Waals surface area contributed by atoms with Crippen LogP contribution in [0.2, 0.25) is 0 Å². The van der Waals surface area contributed by atoms with Gasteiger partial charge in [-0.2, -0.15) is 18.2 Å². The molecule has 0 radical (unpaired) electrons. The molecule has 0 bridgehead atoms. The molecule has 2 aliphatic carbocycles. The van der Waals surface area contributed by atoms with Crippen LogP contribution < -0.4 is 9.46 Å². The Balaban J connectivity index is 1.15. The van der Waals surface area contributed by atoms with Crippen LogP contribution in [0.1, 0.15) is 73.9 Å². The first-order valence-corrected chi connectivity index (χ1v) is 23.5. The van der Waals surface area contributed by atoms with Gasteiger partial charge in [0.05, 0.1) is 46.4 Å². The van der Waals surface area contributed by atoms with E-state index in [1.807, 2.05) is 45.0 Å². The molecule has 5 atom stereocenters. The number of allylic oxidation sites excluding steroid dienone is 1. The van der Waals surface area contributed by atoms with Crippen molar-refractivity contribution in [1.29, 1.82) is 0 Å². The van der Waals surface area contributed by atoms with E-state index >= 15 is 4.79 Å². The van der Waals surface area contributed by atoms with Crippen LogP contribution in [0.3, 0.4) is 0 Å². The third-order valence-corrected chi connectivity index (χ3v) is 15.9. The van der Waals surface area contributed by atoms with E-state index in [1.165, 1.54) is 52.9 Å². The molecule has 3 aliphatic rings. The fraction of sp³-hybridized carbons (Fsp3) is 0.432. The van der Waals surface area contributed by atoms with Crippen molar-refractivity contribution in [3.63, 3.8) is 0 Å². The van der Waals surface area contributed by atoms with E-state index in [4.69, 9.17) is 19.4 Å². The van der Waals surface area contributed by atoms with Crippen molar-refractivity contribution >= 4 is 76.6 Å². The predicted octanol–water partition coefficient (Wildman–Crippen LogP) is 7.79. The Hall–Kier alpha value is -5.27. The third-order valence-electron chi connectivity index (χ3n) is 12.1. The van der Waals surface area contributed by atoms with Crippen molar-refractivity contribution in [2.75, 3.05) is 13.7 Å². The maximum absolute atomic E-state index is 15.0. The number of ketones is 1. The maximum atomic E-state index is 15.0. The van der Waals surface area contributed by atoms with E-state index in [-0.39, 0.29) is 49.6 Å². The molecule has 5 aromatic rings. The molecule has 1 aliphatic heterocycles. The second-order valence-electron chi connectivity index (χ2n) is 17.4. The first kappa shape index (κ1) is 44.3. The number of thiazole rings is 1. The van der Waals surface area contributed by atoms with Crippen LogP contribution >= 0.6 is 22.7 Å². The molecule has 19 heteroatoms. The zero-order chi connectivity index (χ0) is 45.2. The summed E-state index contributed by atoms with van der Waals surface area (Å²) in [6, 6.07) is 10.8. The number of rotatable bonds is 14. The standard InChI is InChI=1S/C44H44F3N5O8S3/c1-6-24-19-43(24,41(56)51-63(57,58)27-15-16-27)20-32(53)31-17-26(21-52(31)39(54)29(42(2,3)4)18-34-48-30(22-61-34)40(55)59-5)60-38-36-35(28-9-7-8-10-33(28)62-36)49-37(50-38)23-11-13-25(14-12-23)44(45,46)47/h6-14,22,24,26-27,29,31H,1,15-21H2,2-5H3,(H,51,56)/t24-,26-,29-,31+,43-/m1/s1. The van der Waals surface area contributed by atoms with E-state index in [0.717, 1.165) is 22.2 Å². The molecule has 3 aromatic heterocycles. The summed E-state index contributed by atoms with van der Waals surface area (Å²) in [5, 5.41) is 2.16. The first-order valence-electron chi connectivity index (χ1n) is 20.3. The van der Waals surface area contributed by atoms with Gasteiger partial charge in [0.2, 0.25) is 27.7 Å². The van der Waals surface area contributed by atoms with Crippen LogP contribution in [0.15, 0.2) is 66.6 Å². The summed E-state index contributed by atoms with van der Waals surface area (Å²) < 4.78 is 81.4. The average molecular weight is 924 g/mol. The molecule has 1 saturated heterocycles. The number of likely N-dealkylation sites (tertiary alicyclic amines) is 1. The first-order chi connectivity index (χ1) is 29.7. The Labute approximate surface area is 369 Å². The number of ether oxygens (including phenoxy) is 2. The van der Waals surface area contributed by atoms with Gasteiger partial charge in [-0.3, -0.25) is 19.1 Å². The van der Waals surface area contributed by atoms with Gasteiger partial charge in [-0.15, -0.1) is 29.3 Å². The number of hydrogen-bond acceptors (Lipinski definition) is 13. The predicted molar refractivity (Wildman–Crippen MR) is 230 cm³/mol. The molecule has 3 fully saturated rings. The highest BCUT2D eigenvalue weighted by Gasteiger charge is 2.61. The molecule has 2 amide bonds. The number of hydrogen-bond donors (Lipinski definition) is 1. The second kappa shape index (κ2) is 16.4. The number of carbonyl (C=O) groups excluding carboxylic acids is 4. The van der Waals surface area contributed by atoms with Gasteiger partial charge in [0.1, 0.15) is 10.8 Å². The Morgan fingerprint density at radius 3 is 2.40 bits per heavy atom. The zero-order valence-electron chi connectivity index (χ0n) is 34.7. The number of nitrogens with one attached hydrogen (secondary N) is 1.